The lowest BCUT2D eigenvalue weighted by molar-refractivity contribution is -0.137. The summed E-state index contributed by atoms with van der Waals surface area (Å²) in [7, 11) is 1.81. The van der Waals surface area contributed by atoms with Crippen LogP contribution in [0.5, 0.6) is 0 Å². The molecular formula is C32H27F4N7O. The predicted octanol–water partition coefficient (Wildman–Crippen LogP) is 7.73. The number of allylic oxidation sites excluding steroid dienone is 3. The Morgan fingerprint density at radius 1 is 1.02 bits per heavy atom. The molecule has 0 saturated carbocycles. The van der Waals surface area contributed by atoms with Crippen LogP contribution in [0.15, 0.2) is 109 Å². The second-order valence-corrected chi connectivity index (χ2v) is 10.1. The molecule has 4 heterocycles. The SMILES string of the molecule is C=C(C(=O)Nc1cc(-c2cccnc2)cc(C(F)(F)F)c1)/C(F)=C\C(C)=C(/C)c1cnc2c(Nc3cnn(C)c3)cccn12. The van der Waals surface area contributed by atoms with Gasteiger partial charge in [-0.15, -0.1) is 0 Å². The smallest absolute Gasteiger partial charge is 0.350 e. The number of fused-ring (bicyclic) bond motifs is 1. The maximum absolute atomic E-state index is 15.3. The molecule has 1 aromatic carbocycles. The molecule has 8 nitrogen and oxygen atoms in total. The Morgan fingerprint density at radius 2 is 1.82 bits per heavy atom. The molecule has 4 aromatic heterocycles. The molecule has 5 rings (SSSR count). The van der Waals surface area contributed by atoms with Crippen molar-refractivity contribution >= 4 is 34.2 Å². The van der Waals surface area contributed by atoms with Gasteiger partial charge in [-0.1, -0.05) is 12.6 Å². The molecule has 44 heavy (non-hydrogen) atoms. The van der Waals surface area contributed by atoms with Gasteiger partial charge in [0.1, 0.15) is 5.83 Å². The van der Waals surface area contributed by atoms with Gasteiger partial charge in [-0.25, -0.2) is 9.37 Å². The van der Waals surface area contributed by atoms with E-state index in [0.717, 1.165) is 29.6 Å². The molecule has 0 spiro atoms. The van der Waals surface area contributed by atoms with Crippen molar-refractivity contribution in [1.29, 1.82) is 0 Å². The third kappa shape index (κ3) is 6.43. The average Bonchev–Trinajstić information content (AvgIpc) is 3.62. The molecule has 0 aliphatic carbocycles. The summed E-state index contributed by atoms with van der Waals surface area (Å²) in [6, 6.07) is 9.98. The monoisotopic (exact) mass is 601 g/mol. The average molecular weight is 602 g/mol. The lowest BCUT2D eigenvalue weighted by atomic mass is 10.0. The summed E-state index contributed by atoms with van der Waals surface area (Å²) in [6.45, 7) is 7.00. The van der Waals surface area contributed by atoms with E-state index in [2.05, 4.69) is 32.3 Å². The number of amides is 1. The van der Waals surface area contributed by atoms with Gasteiger partial charge in [0.2, 0.25) is 0 Å². The second-order valence-electron chi connectivity index (χ2n) is 10.1. The van der Waals surface area contributed by atoms with Crippen LogP contribution in [-0.2, 0) is 18.0 Å². The summed E-state index contributed by atoms with van der Waals surface area (Å²) >= 11 is 0. The fourth-order valence-corrected chi connectivity index (χ4v) is 4.49. The van der Waals surface area contributed by atoms with Crippen LogP contribution >= 0.6 is 0 Å². The minimum atomic E-state index is -4.67. The van der Waals surface area contributed by atoms with E-state index in [-0.39, 0.29) is 11.3 Å². The predicted molar refractivity (Wildman–Crippen MR) is 162 cm³/mol. The van der Waals surface area contributed by atoms with Crippen molar-refractivity contribution in [3.63, 3.8) is 0 Å². The highest BCUT2D eigenvalue weighted by Gasteiger charge is 2.31. The number of carbonyl (C=O) groups is 1. The molecule has 0 aliphatic heterocycles. The van der Waals surface area contributed by atoms with E-state index in [0.29, 0.717) is 28.1 Å². The van der Waals surface area contributed by atoms with Crippen LogP contribution in [0.2, 0.25) is 0 Å². The van der Waals surface area contributed by atoms with E-state index in [9.17, 15) is 18.0 Å². The molecule has 0 bridgehead atoms. The summed E-state index contributed by atoms with van der Waals surface area (Å²) in [6.07, 6.45) is 6.37. The Labute approximate surface area is 250 Å². The molecule has 0 radical (unpaired) electrons. The molecule has 0 saturated heterocycles. The Balaban J connectivity index is 1.38. The summed E-state index contributed by atoms with van der Waals surface area (Å²) in [5.74, 6) is -1.92. The Bertz CT molecular complexity index is 1940. The quantitative estimate of drug-likeness (QED) is 0.108. The van der Waals surface area contributed by atoms with Crippen LogP contribution in [0.3, 0.4) is 0 Å². The van der Waals surface area contributed by atoms with Crippen LogP contribution < -0.4 is 10.6 Å². The highest BCUT2D eigenvalue weighted by atomic mass is 19.4. The van der Waals surface area contributed by atoms with Crippen LogP contribution in [0.4, 0.5) is 34.6 Å². The fraction of sp³-hybridized carbons (Fsp3) is 0.125. The molecule has 0 unspecified atom stereocenters. The molecular weight excluding hydrogens is 574 g/mol. The van der Waals surface area contributed by atoms with Crippen LogP contribution in [0.25, 0.3) is 22.3 Å². The van der Waals surface area contributed by atoms with Gasteiger partial charge < -0.3 is 10.6 Å². The third-order valence-electron chi connectivity index (χ3n) is 6.91. The first-order valence-electron chi connectivity index (χ1n) is 13.3. The number of pyridine rings is 2. The first-order valence-corrected chi connectivity index (χ1v) is 13.3. The number of carbonyl (C=O) groups excluding carboxylic acids is 1. The Morgan fingerprint density at radius 3 is 2.50 bits per heavy atom. The van der Waals surface area contributed by atoms with Gasteiger partial charge in [0.15, 0.2) is 5.65 Å². The van der Waals surface area contributed by atoms with Gasteiger partial charge in [0.05, 0.1) is 40.6 Å². The molecule has 224 valence electrons. The molecule has 2 N–H and O–H groups in total. The molecule has 0 atom stereocenters. The number of alkyl halides is 3. The van der Waals surface area contributed by atoms with Gasteiger partial charge in [-0.3, -0.25) is 18.9 Å². The lowest BCUT2D eigenvalue weighted by Gasteiger charge is -2.14. The second kappa shape index (κ2) is 12.0. The van der Waals surface area contributed by atoms with E-state index in [4.69, 9.17) is 0 Å². The zero-order valence-electron chi connectivity index (χ0n) is 23.9. The van der Waals surface area contributed by atoms with E-state index in [1.54, 1.807) is 43.1 Å². The number of nitrogens with zero attached hydrogens (tertiary/aromatic N) is 5. The van der Waals surface area contributed by atoms with E-state index in [1.807, 2.05) is 36.0 Å². The highest BCUT2D eigenvalue weighted by molar-refractivity contribution is 6.06. The maximum atomic E-state index is 15.3. The Kier molecular flexibility index (Phi) is 8.17. The molecule has 0 fully saturated rings. The standard InChI is InChI=1S/C32H27F4N7O/c1-19(20(2)29-17-38-30-28(8-6-10-43(29)30)40-26-16-39-42(4)18-26)11-27(33)21(3)31(44)41-25-13-23(22-7-5-9-37-15-22)12-24(14-25)32(34,35)36/h5-18,40H,3H2,1-2,4H3,(H,41,44)/b20-19+,27-11+. The number of aromatic nitrogens is 5. The van der Waals surface area contributed by atoms with E-state index in [1.165, 1.54) is 18.5 Å². The molecule has 5 aromatic rings. The zero-order chi connectivity index (χ0) is 31.6. The molecule has 0 aliphatic rings. The van der Waals surface area contributed by atoms with Crippen molar-refractivity contribution in [2.45, 2.75) is 20.0 Å². The fourth-order valence-electron chi connectivity index (χ4n) is 4.49. The van der Waals surface area contributed by atoms with Gasteiger partial charge >= 0.3 is 6.18 Å². The topological polar surface area (TPSA) is 89.1 Å². The van der Waals surface area contributed by atoms with Crippen molar-refractivity contribution in [2.24, 2.45) is 7.05 Å². The summed E-state index contributed by atoms with van der Waals surface area (Å²) < 4.78 is 59.6. The zero-order valence-corrected chi connectivity index (χ0v) is 23.9. The number of anilines is 3. The summed E-state index contributed by atoms with van der Waals surface area (Å²) in [5, 5.41) is 9.77. The number of benzene rings is 1. The number of aryl methyl sites for hydroxylation is 1. The van der Waals surface area contributed by atoms with Gasteiger partial charge in [-0.2, -0.15) is 18.3 Å². The van der Waals surface area contributed by atoms with Crippen molar-refractivity contribution in [3.8, 4) is 11.1 Å². The number of hydrogen-bond acceptors (Lipinski definition) is 5. The van der Waals surface area contributed by atoms with E-state index < -0.39 is 29.0 Å². The minimum absolute atomic E-state index is 0.164. The highest BCUT2D eigenvalue weighted by Crippen LogP contribution is 2.35. The molecule has 12 heteroatoms. The van der Waals surface area contributed by atoms with Crippen molar-refractivity contribution in [3.05, 3.63) is 121 Å². The summed E-state index contributed by atoms with van der Waals surface area (Å²) in [4.78, 5) is 21.3. The Hall–Kier alpha value is -5.52. The van der Waals surface area contributed by atoms with Crippen molar-refractivity contribution < 1.29 is 22.4 Å². The van der Waals surface area contributed by atoms with E-state index >= 15 is 4.39 Å². The number of hydrogen-bond donors (Lipinski definition) is 2. The van der Waals surface area contributed by atoms with Crippen LogP contribution in [-0.4, -0.2) is 30.1 Å². The van der Waals surface area contributed by atoms with Crippen molar-refractivity contribution in [1.82, 2.24) is 24.1 Å². The largest absolute Gasteiger partial charge is 0.416 e. The third-order valence-corrected chi connectivity index (χ3v) is 6.91. The molecule has 1 amide bonds. The first-order chi connectivity index (χ1) is 20.9. The summed E-state index contributed by atoms with van der Waals surface area (Å²) in [5.41, 5.74) is 2.95. The first kappa shape index (κ1) is 30.0. The van der Waals surface area contributed by atoms with Gasteiger partial charge in [0, 0.05) is 43.1 Å². The van der Waals surface area contributed by atoms with Crippen LogP contribution in [0, 0.1) is 0 Å². The normalized spacial score (nSPS) is 12.7. The van der Waals surface area contributed by atoms with Gasteiger partial charge in [-0.05, 0) is 73.0 Å². The van der Waals surface area contributed by atoms with Gasteiger partial charge in [0.25, 0.3) is 5.91 Å². The number of imidazole rings is 1. The number of halogens is 4. The number of rotatable bonds is 8. The number of nitrogens with one attached hydrogen (secondary N) is 2. The lowest BCUT2D eigenvalue weighted by Crippen LogP contribution is -2.15. The maximum Gasteiger partial charge on any atom is 0.416 e. The van der Waals surface area contributed by atoms with Crippen LogP contribution in [0.1, 0.15) is 25.1 Å². The van der Waals surface area contributed by atoms with Crippen molar-refractivity contribution in [2.75, 3.05) is 10.6 Å². The minimum Gasteiger partial charge on any atom is -0.350 e.